The van der Waals surface area contributed by atoms with E-state index in [1.165, 1.54) is 12.1 Å². The maximum atomic E-state index is 12.2. The fourth-order valence-corrected chi connectivity index (χ4v) is 3.28. The number of nitro groups is 1. The molecule has 5 rings (SSSR count). The van der Waals surface area contributed by atoms with Crippen molar-refractivity contribution in [1.82, 2.24) is 4.98 Å². The van der Waals surface area contributed by atoms with Crippen molar-refractivity contribution in [1.29, 1.82) is 0 Å². The lowest BCUT2D eigenvalue weighted by atomic mass is 10.1. The smallest absolute Gasteiger partial charge is 0.316 e. The van der Waals surface area contributed by atoms with E-state index in [4.69, 9.17) is 9.15 Å². The number of hydrogen-bond acceptors (Lipinski definition) is 6. The number of oxazole rings is 1. The zero-order chi connectivity index (χ0) is 22.8. The van der Waals surface area contributed by atoms with Gasteiger partial charge in [-0.25, -0.2) is 4.98 Å². The average Bonchev–Trinajstić information content (AvgIpc) is 3.48. The maximum Gasteiger partial charge on any atom is 0.316 e. The van der Waals surface area contributed by atoms with E-state index in [9.17, 15) is 14.9 Å². The zero-order valence-electron chi connectivity index (χ0n) is 17.0. The predicted molar refractivity (Wildman–Crippen MR) is 121 cm³/mol. The highest BCUT2D eigenvalue weighted by atomic mass is 16.6. The van der Waals surface area contributed by atoms with Crippen molar-refractivity contribution in [2.24, 2.45) is 4.99 Å². The number of carbonyl (C=O) groups excluding carboxylic acids is 1. The Morgan fingerprint density at radius 3 is 2.24 bits per heavy atom. The highest BCUT2D eigenvalue weighted by Crippen LogP contribution is 2.28. The van der Waals surface area contributed by atoms with Gasteiger partial charge in [-0.15, -0.1) is 0 Å². The monoisotopic (exact) mass is 437 g/mol. The van der Waals surface area contributed by atoms with Gasteiger partial charge in [0.05, 0.1) is 11.1 Å². The fourth-order valence-electron chi connectivity index (χ4n) is 3.28. The third-order valence-corrected chi connectivity index (χ3v) is 4.96. The summed E-state index contributed by atoms with van der Waals surface area (Å²) in [6.45, 7) is 0. The number of nitrogens with zero attached hydrogens (tertiary/aromatic N) is 3. The van der Waals surface area contributed by atoms with Crippen LogP contribution in [-0.4, -0.2) is 21.7 Å². The van der Waals surface area contributed by atoms with Crippen molar-refractivity contribution >= 4 is 23.6 Å². The molecule has 0 saturated carbocycles. The van der Waals surface area contributed by atoms with Gasteiger partial charge in [-0.1, -0.05) is 30.3 Å². The summed E-state index contributed by atoms with van der Waals surface area (Å²) in [6, 6.07) is 22.5. The van der Waals surface area contributed by atoms with Crippen LogP contribution in [0.25, 0.3) is 28.9 Å². The first-order chi connectivity index (χ1) is 16.1. The van der Waals surface area contributed by atoms with Crippen LogP contribution in [0.15, 0.2) is 100 Å². The molecule has 3 aromatic carbocycles. The number of benzene rings is 3. The van der Waals surface area contributed by atoms with Crippen molar-refractivity contribution in [2.45, 2.75) is 0 Å². The number of carbonyl (C=O) groups is 1. The lowest BCUT2D eigenvalue weighted by molar-refractivity contribution is -0.384. The van der Waals surface area contributed by atoms with E-state index in [1.807, 2.05) is 54.6 Å². The molecule has 4 aromatic rings. The predicted octanol–water partition coefficient (Wildman–Crippen LogP) is 5.26. The first-order valence-corrected chi connectivity index (χ1v) is 9.96. The van der Waals surface area contributed by atoms with Crippen LogP contribution in [0, 0.1) is 10.1 Å². The van der Waals surface area contributed by atoms with Crippen LogP contribution in [0.4, 0.5) is 5.69 Å². The van der Waals surface area contributed by atoms with Crippen molar-refractivity contribution in [3.05, 3.63) is 112 Å². The molecule has 0 radical (unpaired) electrons. The summed E-state index contributed by atoms with van der Waals surface area (Å²) in [4.78, 5) is 30.8. The minimum atomic E-state index is -0.453. The highest BCUT2D eigenvalue weighted by molar-refractivity contribution is 6.14. The van der Waals surface area contributed by atoms with E-state index < -0.39 is 10.8 Å². The molecule has 0 bridgehead atoms. The Bertz CT molecular complexity index is 1400. The highest BCUT2D eigenvalue weighted by Gasteiger charge is 2.23. The summed E-state index contributed by atoms with van der Waals surface area (Å²) in [6.07, 6.45) is 3.20. The molecule has 0 N–H and O–H groups in total. The van der Waals surface area contributed by atoms with E-state index in [1.54, 1.807) is 24.4 Å². The quantitative estimate of drug-likeness (QED) is 0.239. The van der Waals surface area contributed by atoms with Gasteiger partial charge in [0, 0.05) is 28.8 Å². The van der Waals surface area contributed by atoms with Crippen molar-refractivity contribution in [2.75, 3.05) is 0 Å². The second kappa shape index (κ2) is 8.35. The first-order valence-electron chi connectivity index (χ1n) is 9.96. The Kier molecular flexibility index (Phi) is 5.08. The lowest BCUT2D eigenvalue weighted by Gasteiger charge is -2.02. The lowest BCUT2D eigenvalue weighted by Crippen LogP contribution is -1.99. The summed E-state index contributed by atoms with van der Waals surface area (Å²) in [7, 11) is 0. The topological polar surface area (TPSA) is 108 Å². The van der Waals surface area contributed by atoms with E-state index in [-0.39, 0.29) is 17.3 Å². The molecule has 0 atom stereocenters. The summed E-state index contributed by atoms with van der Waals surface area (Å²) < 4.78 is 11.5. The molecule has 1 aliphatic rings. The van der Waals surface area contributed by atoms with Crippen molar-refractivity contribution in [3.8, 4) is 22.8 Å². The third kappa shape index (κ3) is 4.17. The normalized spacial score (nSPS) is 14.2. The molecule has 0 fully saturated rings. The molecule has 33 heavy (non-hydrogen) atoms. The number of amides is 1. The molecule has 2 heterocycles. The second-order valence-electron chi connectivity index (χ2n) is 7.15. The maximum absolute atomic E-state index is 12.2. The Labute approximate surface area is 187 Å². The summed E-state index contributed by atoms with van der Waals surface area (Å²) >= 11 is 0. The number of aliphatic imine (C=N–C) groups is 1. The van der Waals surface area contributed by atoms with Gasteiger partial charge in [0.2, 0.25) is 11.8 Å². The summed E-state index contributed by atoms with van der Waals surface area (Å²) in [5.41, 5.74) is 2.93. The largest absolute Gasteiger partial charge is 0.436 e. The molecule has 8 heteroatoms. The van der Waals surface area contributed by atoms with Crippen LogP contribution in [0.2, 0.25) is 0 Å². The molecule has 1 amide bonds. The molecule has 8 nitrogen and oxygen atoms in total. The summed E-state index contributed by atoms with van der Waals surface area (Å²) in [5.74, 6) is 0.908. The van der Waals surface area contributed by atoms with Crippen molar-refractivity contribution in [3.63, 3.8) is 0 Å². The van der Waals surface area contributed by atoms with Crippen molar-refractivity contribution < 1.29 is 18.9 Å². The third-order valence-electron chi connectivity index (χ3n) is 4.96. The standard InChI is InChI=1S/C25H15N3O5/c29-23-21(32-25(27-23)18-4-2-1-3-5-18)14-16-6-8-19(9-7-16)24-26-15-22(33-24)17-10-12-20(13-11-17)28(30)31/h1-15H/b21-14+. The number of ether oxygens (including phenoxy) is 1. The molecule has 0 aliphatic carbocycles. The Morgan fingerprint density at radius 1 is 0.848 bits per heavy atom. The average molecular weight is 437 g/mol. The minimum Gasteiger partial charge on any atom is -0.436 e. The number of aromatic nitrogens is 1. The van der Waals surface area contributed by atoms with Gasteiger partial charge in [-0.2, -0.15) is 4.99 Å². The zero-order valence-corrected chi connectivity index (χ0v) is 17.0. The van der Waals surface area contributed by atoms with E-state index >= 15 is 0 Å². The molecule has 0 spiro atoms. The SMILES string of the molecule is O=C1N=C(c2ccccc2)O/C1=C/c1ccc(-c2ncc(-c3ccc([N+](=O)[O-])cc3)o2)cc1. The molecule has 0 unspecified atom stereocenters. The molecule has 0 saturated heterocycles. The van der Waals surface area contributed by atoms with Gasteiger partial charge in [-0.3, -0.25) is 14.9 Å². The molecular formula is C25H15N3O5. The van der Waals surface area contributed by atoms with E-state index in [2.05, 4.69) is 9.98 Å². The van der Waals surface area contributed by atoms with Crippen LogP contribution < -0.4 is 0 Å². The van der Waals surface area contributed by atoms with Crippen LogP contribution in [-0.2, 0) is 9.53 Å². The van der Waals surface area contributed by atoms with E-state index in [0.717, 1.165) is 16.7 Å². The Morgan fingerprint density at radius 2 is 1.55 bits per heavy atom. The van der Waals surface area contributed by atoms with E-state index in [0.29, 0.717) is 17.2 Å². The molecular weight excluding hydrogens is 422 g/mol. The van der Waals surface area contributed by atoms with Gasteiger partial charge in [0.15, 0.2) is 11.5 Å². The Hall–Kier alpha value is -4.85. The minimum absolute atomic E-state index is 0.00853. The number of non-ortho nitro benzene ring substituents is 1. The molecule has 160 valence electrons. The summed E-state index contributed by atoms with van der Waals surface area (Å²) in [5, 5.41) is 10.8. The second-order valence-corrected chi connectivity index (χ2v) is 7.15. The van der Waals surface area contributed by atoms with Gasteiger partial charge in [0.25, 0.3) is 5.69 Å². The van der Waals surface area contributed by atoms with Gasteiger partial charge in [-0.05, 0) is 48.0 Å². The fraction of sp³-hybridized carbons (Fsp3) is 0. The first kappa shape index (κ1) is 20.1. The van der Waals surface area contributed by atoms with Crippen LogP contribution in [0.3, 0.4) is 0 Å². The molecule has 1 aliphatic heterocycles. The molecule has 1 aromatic heterocycles. The van der Waals surface area contributed by atoms with Crippen LogP contribution in [0.5, 0.6) is 0 Å². The van der Waals surface area contributed by atoms with Crippen LogP contribution >= 0.6 is 0 Å². The van der Waals surface area contributed by atoms with Gasteiger partial charge < -0.3 is 9.15 Å². The van der Waals surface area contributed by atoms with Crippen LogP contribution in [0.1, 0.15) is 11.1 Å². The van der Waals surface area contributed by atoms with Gasteiger partial charge in [0.1, 0.15) is 0 Å². The van der Waals surface area contributed by atoms with Gasteiger partial charge >= 0.3 is 5.91 Å². The number of nitro benzene ring substituents is 1. The number of rotatable bonds is 5. The Balaban J connectivity index is 1.31. The number of hydrogen-bond donors (Lipinski definition) is 0.